The number of piperidine rings is 1. The first kappa shape index (κ1) is 27.8. The number of carbonyl (C=O) groups excluding carboxylic acids is 1. The van der Waals surface area contributed by atoms with Gasteiger partial charge in [0.15, 0.2) is 11.6 Å². The lowest BCUT2D eigenvalue weighted by molar-refractivity contribution is -0.120. The molecule has 1 aliphatic carbocycles. The van der Waals surface area contributed by atoms with Crippen LogP contribution in [0, 0.1) is 5.82 Å². The zero-order chi connectivity index (χ0) is 28.8. The Morgan fingerprint density at radius 3 is 2.50 bits per heavy atom. The number of benzene rings is 2. The van der Waals surface area contributed by atoms with Gasteiger partial charge in [-0.1, -0.05) is 6.07 Å². The number of nitrogens with zero attached hydrogens (tertiary/aromatic N) is 4. The molecule has 11 heteroatoms. The predicted molar refractivity (Wildman–Crippen MR) is 148 cm³/mol. The number of carbonyl (C=O) groups is 1. The number of methoxy groups -OCH3 is 1. The number of ether oxygens (including phenoxy) is 1. The van der Waals surface area contributed by atoms with Crippen LogP contribution in [0.5, 0.6) is 5.75 Å². The van der Waals surface area contributed by atoms with Crippen LogP contribution in [-0.2, 0) is 4.79 Å². The van der Waals surface area contributed by atoms with Crippen LogP contribution >= 0.6 is 0 Å². The lowest BCUT2D eigenvalue weighted by atomic mass is 9.91. The van der Waals surface area contributed by atoms with E-state index in [0.717, 1.165) is 11.1 Å². The third-order valence-corrected chi connectivity index (χ3v) is 7.93. The smallest absolute Gasteiger partial charge is 0.248 e. The molecule has 0 radical (unpaired) electrons. The maximum atomic E-state index is 14.7. The van der Waals surface area contributed by atoms with Gasteiger partial charge in [0.05, 0.1) is 29.9 Å². The van der Waals surface area contributed by atoms with Crippen LogP contribution in [0.1, 0.15) is 75.3 Å². The molecular formula is C29H35F3N6O2. The summed E-state index contributed by atoms with van der Waals surface area (Å²) in [5.41, 5.74) is 9.87. The first-order chi connectivity index (χ1) is 19.0. The molecule has 0 spiro atoms. The van der Waals surface area contributed by atoms with Crippen molar-refractivity contribution in [1.29, 1.82) is 0 Å². The summed E-state index contributed by atoms with van der Waals surface area (Å²) in [7, 11) is 3.08. The Morgan fingerprint density at radius 1 is 1.15 bits per heavy atom. The number of nitrogens with two attached hydrogens (primary N) is 2. The SMILES string of the molecule is COc1ccc(N2C(=O)CCC[C@H]2c2nc3cc(/C(=C(\C)N)N(C)N)ccc3n2C2CCC(F)(F)CC2)cc1F. The van der Waals surface area contributed by atoms with E-state index in [-0.39, 0.29) is 43.4 Å². The second kappa shape index (κ2) is 10.7. The van der Waals surface area contributed by atoms with E-state index in [4.69, 9.17) is 21.3 Å². The number of imidazole rings is 1. The van der Waals surface area contributed by atoms with E-state index in [1.807, 2.05) is 22.8 Å². The fourth-order valence-electron chi connectivity index (χ4n) is 6.12. The Morgan fingerprint density at radius 2 is 1.88 bits per heavy atom. The van der Waals surface area contributed by atoms with E-state index in [2.05, 4.69) is 0 Å². The van der Waals surface area contributed by atoms with Gasteiger partial charge in [-0.25, -0.2) is 24.0 Å². The number of amides is 1. The maximum absolute atomic E-state index is 14.7. The number of anilines is 1. The normalized spacial score (nSPS) is 20.5. The highest BCUT2D eigenvalue weighted by Gasteiger charge is 2.40. The summed E-state index contributed by atoms with van der Waals surface area (Å²) >= 11 is 0. The molecule has 1 amide bonds. The van der Waals surface area contributed by atoms with Gasteiger partial charge in [-0.05, 0) is 56.9 Å². The topological polar surface area (TPSA) is 103 Å². The molecule has 0 bridgehead atoms. The summed E-state index contributed by atoms with van der Waals surface area (Å²) in [6.07, 6.45) is 1.67. The van der Waals surface area contributed by atoms with E-state index in [0.29, 0.717) is 47.7 Å². The van der Waals surface area contributed by atoms with Crippen molar-refractivity contribution in [3.8, 4) is 5.75 Å². The zero-order valence-electron chi connectivity index (χ0n) is 23.0. The average Bonchev–Trinajstić information content (AvgIpc) is 3.27. The monoisotopic (exact) mass is 556 g/mol. The predicted octanol–water partition coefficient (Wildman–Crippen LogP) is 5.65. The Balaban J connectivity index is 1.67. The minimum Gasteiger partial charge on any atom is -0.494 e. The molecule has 1 atom stereocenters. The zero-order valence-corrected chi connectivity index (χ0v) is 23.0. The van der Waals surface area contributed by atoms with Crippen LogP contribution in [0.2, 0.25) is 0 Å². The van der Waals surface area contributed by atoms with Gasteiger partial charge in [0.1, 0.15) is 5.82 Å². The number of hydrazine groups is 1. The van der Waals surface area contributed by atoms with Gasteiger partial charge in [-0.15, -0.1) is 0 Å². The number of hydrogen-bond acceptors (Lipinski definition) is 6. The van der Waals surface area contributed by atoms with E-state index in [1.165, 1.54) is 24.3 Å². The lowest BCUT2D eigenvalue weighted by Crippen LogP contribution is -2.40. The highest BCUT2D eigenvalue weighted by atomic mass is 19.3. The standard InChI is InChI=1S/C29H35F3N6O2/c1-17(33)27(36(2)34)18-7-9-23-22(15-18)35-28(38(23)19-11-13-29(31,32)14-12-19)24-5-4-6-26(39)37(24)20-8-10-25(40-3)21(30)16-20/h7-10,15-16,19,24H,4-6,11-14,33-34H2,1-3H3/b27-17-/t24-/m0/s1. The molecule has 1 saturated carbocycles. The summed E-state index contributed by atoms with van der Waals surface area (Å²) in [6.45, 7) is 1.76. The first-order valence-corrected chi connectivity index (χ1v) is 13.5. The Labute approximate surface area is 231 Å². The van der Waals surface area contributed by atoms with E-state index >= 15 is 0 Å². The molecule has 2 heterocycles. The first-order valence-electron chi connectivity index (χ1n) is 13.5. The highest BCUT2D eigenvalue weighted by Crippen LogP contribution is 2.44. The summed E-state index contributed by atoms with van der Waals surface area (Å²) in [5, 5.41) is 1.44. The van der Waals surface area contributed by atoms with Crippen LogP contribution in [0.15, 0.2) is 42.1 Å². The molecule has 1 aromatic heterocycles. The van der Waals surface area contributed by atoms with Gasteiger partial charge >= 0.3 is 0 Å². The highest BCUT2D eigenvalue weighted by molar-refractivity contribution is 5.95. The second-order valence-corrected chi connectivity index (χ2v) is 10.8. The quantitative estimate of drug-likeness (QED) is 0.301. The fourth-order valence-corrected chi connectivity index (χ4v) is 6.12. The number of hydrogen-bond donors (Lipinski definition) is 2. The number of fused-ring (bicyclic) bond motifs is 1. The lowest BCUT2D eigenvalue weighted by Gasteiger charge is -2.37. The summed E-state index contributed by atoms with van der Waals surface area (Å²) in [5.74, 6) is 3.31. The van der Waals surface area contributed by atoms with Gasteiger partial charge in [-0.2, -0.15) is 0 Å². The van der Waals surface area contributed by atoms with Crippen molar-refractivity contribution in [2.75, 3.05) is 19.1 Å². The molecule has 1 aliphatic heterocycles. The summed E-state index contributed by atoms with van der Waals surface area (Å²) in [4.78, 5) is 19.9. The van der Waals surface area contributed by atoms with E-state index in [9.17, 15) is 18.0 Å². The average molecular weight is 557 g/mol. The molecule has 8 nitrogen and oxygen atoms in total. The van der Waals surface area contributed by atoms with E-state index in [1.54, 1.807) is 24.9 Å². The number of alkyl halides is 2. The second-order valence-electron chi connectivity index (χ2n) is 10.8. The van der Waals surface area contributed by atoms with Crippen molar-refractivity contribution in [3.05, 3.63) is 59.3 Å². The number of aromatic nitrogens is 2. The summed E-state index contributed by atoms with van der Waals surface area (Å²) < 4.78 is 50.1. The molecule has 214 valence electrons. The van der Waals surface area contributed by atoms with Crippen molar-refractivity contribution in [3.63, 3.8) is 0 Å². The van der Waals surface area contributed by atoms with Gasteiger partial charge in [0.25, 0.3) is 0 Å². The van der Waals surface area contributed by atoms with Gasteiger partial charge in [-0.3, -0.25) is 4.79 Å². The van der Waals surface area contributed by atoms with Crippen LogP contribution in [0.3, 0.4) is 0 Å². The van der Waals surface area contributed by atoms with Crippen LogP contribution in [0.25, 0.3) is 16.7 Å². The fraction of sp³-hybridized carbons (Fsp3) is 0.448. The van der Waals surface area contributed by atoms with Crippen molar-refractivity contribution in [1.82, 2.24) is 14.6 Å². The molecule has 0 unspecified atom stereocenters. The molecule has 40 heavy (non-hydrogen) atoms. The third-order valence-electron chi connectivity index (χ3n) is 7.93. The molecule has 5 rings (SSSR count). The van der Waals surface area contributed by atoms with Crippen molar-refractivity contribution >= 4 is 28.3 Å². The number of halogens is 3. The molecule has 2 fully saturated rings. The van der Waals surface area contributed by atoms with Gasteiger partial charge < -0.3 is 24.9 Å². The molecule has 4 N–H and O–H groups in total. The molecular weight excluding hydrogens is 521 g/mol. The minimum atomic E-state index is -2.70. The Bertz CT molecular complexity index is 1450. The Hall–Kier alpha value is -3.73. The maximum Gasteiger partial charge on any atom is 0.248 e. The summed E-state index contributed by atoms with van der Waals surface area (Å²) in [6, 6.07) is 9.39. The van der Waals surface area contributed by atoms with Crippen molar-refractivity contribution < 1.29 is 22.7 Å². The number of rotatable bonds is 6. The van der Waals surface area contributed by atoms with Crippen molar-refractivity contribution in [2.24, 2.45) is 11.6 Å². The van der Waals surface area contributed by atoms with Crippen LogP contribution in [0.4, 0.5) is 18.9 Å². The largest absolute Gasteiger partial charge is 0.494 e. The third kappa shape index (κ3) is 5.10. The van der Waals surface area contributed by atoms with E-state index < -0.39 is 17.8 Å². The van der Waals surface area contributed by atoms with Crippen LogP contribution in [-0.4, -0.2) is 40.5 Å². The van der Waals surface area contributed by atoms with Gasteiger partial charge in [0, 0.05) is 55.4 Å². The van der Waals surface area contributed by atoms with Gasteiger partial charge in [0.2, 0.25) is 11.8 Å². The molecule has 2 aliphatic rings. The molecule has 2 aromatic carbocycles. The van der Waals surface area contributed by atoms with Crippen LogP contribution < -0.4 is 21.2 Å². The van der Waals surface area contributed by atoms with Crippen molar-refractivity contribution in [2.45, 2.75) is 69.9 Å². The minimum absolute atomic E-state index is 0.0802. The molecule has 3 aromatic rings. The Kier molecular flexibility index (Phi) is 7.43. The molecule has 1 saturated heterocycles. The number of allylic oxidation sites excluding steroid dienone is 1.